The van der Waals surface area contributed by atoms with Crippen LogP contribution in [0.15, 0.2) is 24.3 Å². The van der Waals surface area contributed by atoms with Gasteiger partial charge < -0.3 is 43.4 Å². The molecule has 2 saturated heterocycles. The number of hydrogen-bond acceptors (Lipinski definition) is 5. The first-order valence-corrected chi connectivity index (χ1v) is 15.2. The SMILES string of the molecule is CCc1cc(N2CCCN(C(=O)OC(C)(C)C)CC2)cc2[s+]c3cc(N4CCCC4C)cc(CC)c3nc12.[I-]. The topological polar surface area (TPSA) is 48.9 Å². The van der Waals surface area contributed by atoms with E-state index in [0.29, 0.717) is 12.6 Å². The van der Waals surface area contributed by atoms with Gasteiger partial charge in [0.15, 0.2) is 0 Å². The Hall–Kier alpha value is -1.94. The Bertz CT molecular complexity index is 1340. The summed E-state index contributed by atoms with van der Waals surface area (Å²) in [5.74, 6) is 0. The number of halogens is 1. The number of rotatable bonds is 4. The lowest BCUT2D eigenvalue weighted by Crippen LogP contribution is -3.00. The van der Waals surface area contributed by atoms with E-state index in [0.717, 1.165) is 56.5 Å². The molecule has 1 unspecified atom stereocenters. The highest BCUT2D eigenvalue weighted by atomic mass is 127. The summed E-state index contributed by atoms with van der Waals surface area (Å²) in [7, 11) is 0. The zero-order valence-corrected chi connectivity index (χ0v) is 27.3. The first kappa shape index (κ1) is 30.0. The minimum Gasteiger partial charge on any atom is -1.00 e. The Morgan fingerprint density at radius 3 is 2.15 bits per heavy atom. The van der Waals surface area contributed by atoms with Crippen molar-refractivity contribution in [1.82, 2.24) is 9.88 Å². The van der Waals surface area contributed by atoms with Gasteiger partial charge in [0, 0.05) is 62.3 Å². The van der Waals surface area contributed by atoms with Crippen molar-refractivity contribution in [2.45, 2.75) is 85.3 Å². The number of amides is 1. The number of carbonyl (C=O) groups is 1. The number of fused-ring (bicyclic) bond motifs is 2. The van der Waals surface area contributed by atoms with E-state index >= 15 is 0 Å². The minimum absolute atomic E-state index is 0. The third kappa shape index (κ3) is 6.53. The van der Waals surface area contributed by atoms with Gasteiger partial charge >= 0.3 is 6.09 Å². The van der Waals surface area contributed by atoms with Crippen LogP contribution in [0.2, 0.25) is 0 Å². The number of anilines is 2. The van der Waals surface area contributed by atoms with E-state index in [2.05, 4.69) is 54.8 Å². The molecule has 3 heterocycles. The van der Waals surface area contributed by atoms with Crippen molar-refractivity contribution in [3.05, 3.63) is 35.4 Å². The zero-order chi connectivity index (χ0) is 27.0. The van der Waals surface area contributed by atoms with Gasteiger partial charge in [0.2, 0.25) is 11.3 Å². The quantitative estimate of drug-likeness (QED) is 0.237. The van der Waals surface area contributed by atoms with Gasteiger partial charge in [0.25, 0.3) is 9.40 Å². The second-order valence-corrected chi connectivity index (χ2v) is 12.9. The summed E-state index contributed by atoms with van der Waals surface area (Å²) in [6.45, 7) is 16.8. The van der Waals surface area contributed by atoms with Gasteiger partial charge in [0.05, 0.1) is 0 Å². The van der Waals surface area contributed by atoms with E-state index in [1.807, 2.05) is 37.0 Å². The van der Waals surface area contributed by atoms with Crippen molar-refractivity contribution in [3.63, 3.8) is 0 Å². The molecule has 1 aromatic heterocycles. The smallest absolute Gasteiger partial charge is 0.410 e. The Morgan fingerprint density at radius 2 is 1.56 bits per heavy atom. The summed E-state index contributed by atoms with van der Waals surface area (Å²) in [5, 5.41) is 0. The van der Waals surface area contributed by atoms with Crippen LogP contribution in [-0.4, -0.2) is 60.3 Å². The normalized spacial score (nSPS) is 18.4. The van der Waals surface area contributed by atoms with Gasteiger partial charge in [-0.25, -0.2) is 9.78 Å². The van der Waals surface area contributed by atoms with Crippen LogP contribution in [0.25, 0.3) is 20.4 Å². The van der Waals surface area contributed by atoms with Crippen LogP contribution in [0.1, 0.15) is 71.9 Å². The van der Waals surface area contributed by atoms with Crippen molar-refractivity contribution in [2.75, 3.05) is 42.5 Å². The molecule has 1 atom stereocenters. The first-order chi connectivity index (χ1) is 18.2. The lowest BCUT2D eigenvalue weighted by Gasteiger charge is -2.27. The third-order valence-corrected chi connectivity index (χ3v) is 8.94. The highest BCUT2D eigenvalue weighted by molar-refractivity contribution is 7.24. The molecule has 1 amide bonds. The van der Waals surface area contributed by atoms with Gasteiger partial charge in [-0.05, 0) is 83.1 Å². The zero-order valence-electron chi connectivity index (χ0n) is 24.3. The predicted molar refractivity (Wildman–Crippen MR) is 161 cm³/mol. The highest BCUT2D eigenvalue weighted by Crippen LogP contribution is 2.37. The fraction of sp³-hybridized carbons (Fsp3) is 0.581. The number of carbonyl (C=O) groups excluding carboxylic acids is 1. The molecule has 0 radical (unpaired) electrons. The molecule has 212 valence electrons. The fourth-order valence-electron chi connectivity index (χ4n) is 5.83. The average Bonchev–Trinajstić information content (AvgIpc) is 3.15. The van der Waals surface area contributed by atoms with Crippen molar-refractivity contribution >= 4 is 49.2 Å². The molecular weight excluding hydrogens is 619 g/mol. The number of benzene rings is 2. The average molecular weight is 663 g/mol. The number of aryl methyl sites for hydroxylation is 2. The maximum absolute atomic E-state index is 12.7. The summed E-state index contributed by atoms with van der Waals surface area (Å²) in [5.41, 5.74) is 7.04. The molecule has 0 N–H and O–H groups in total. The van der Waals surface area contributed by atoms with Gasteiger partial charge in [-0.15, -0.1) is 0 Å². The second-order valence-electron chi connectivity index (χ2n) is 11.8. The summed E-state index contributed by atoms with van der Waals surface area (Å²) >= 11 is 1.88. The van der Waals surface area contributed by atoms with E-state index < -0.39 is 5.60 Å². The number of aromatic nitrogens is 1. The molecule has 2 aromatic carbocycles. The van der Waals surface area contributed by atoms with Crippen LogP contribution < -0.4 is 33.8 Å². The van der Waals surface area contributed by atoms with Crippen molar-refractivity contribution in [1.29, 1.82) is 0 Å². The van der Waals surface area contributed by atoms with Crippen molar-refractivity contribution in [2.24, 2.45) is 0 Å². The molecule has 0 saturated carbocycles. The molecule has 0 spiro atoms. The standard InChI is InChI=1S/C31H43N4O2S.HI/c1-7-22-17-24(33-12-10-13-34(16-15-33)30(36)37-31(4,5)6)19-26-28(22)32-29-23(8-2)18-25(20-27(29)38-26)35-14-9-11-21(35)3;/h17-21H,7-16H2,1-6H3;1H/q+1;/p-1. The number of hydrogen-bond donors (Lipinski definition) is 0. The van der Waals surface area contributed by atoms with Gasteiger partial charge in [0.1, 0.15) is 16.6 Å². The van der Waals surface area contributed by atoms with Crippen LogP contribution in [0.4, 0.5) is 16.2 Å². The Morgan fingerprint density at radius 1 is 0.923 bits per heavy atom. The van der Waals surface area contributed by atoms with Crippen LogP contribution >= 0.6 is 11.3 Å². The number of ether oxygens (including phenoxy) is 1. The molecule has 39 heavy (non-hydrogen) atoms. The van der Waals surface area contributed by atoms with Crippen LogP contribution in [0.5, 0.6) is 0 Å². The summed E-state index contributed by atoms with van der Waals surface area (Å²) < 4.78 is 8.16. The molecule has 8 heteroatoms. The van der Waals surface area contributed by atoms with Crippen molar-refractivity contribution in [3.8, 4) is 0 Å². The summed E-state index contributed by atoms with van der Waals surface area (Å²) in [4.78, 5) is 24.8. The van der Waals surface area contributed by atoms with Gasteiger partial charge in [-0.3, -0.25) is 0 Å². The number of nitrogens with zero attached hydrogens (tertiary/aromatic N) is 4. The summed E-state index contributed by atoms with van der Waals surface area (Å²) in [6.07, 6.45) is 5.18. The van der Waals surface area contributed by atoms with E-state index in [1.54, 1.807) is 0 Å². The lowest BCUT2D eigenvalue weighted by molar-refractivity contribution is -0.0000478. The monoisotopic (exact) mass is 662 g/mol. The first-order valence-electron chi connectivity index (χ1n) is 14.4. The van der Waals surface area contributed by atoms with E-state index in [-0.39, 0.29) is 30.1 Å². The Kier molecular flexibility index (Phi) is 9.46. The Balaban J connectivity index is 0.00000353. The van der Waals surface area contributed by atoms with E-state index in [9.17, 15) is 4.79 Å². The third-order valence-electron chi connectivity index (χ3n) is 7.88. The predicted octanol–water partition coefficient (Wildman–Crippen LogP) is 4.30. The summed E-state index contributed by atoms with van der Waals surface area (Å²) in [6, 6.07) is 9.99. The molecule has 6 nitrogen and oxygen atoms in total. The molecule has 2 aliphatic heterocycles. The van der Waals surface area contributed by atoms with Gasteiger partial charge in [-0.2, -0.15) is 0 Å². The maximum Gasteiger partial charge on any atom is 0.410 e. The minimum atomic E-state index is -0.473. The lowest BCUT2D eigenvalue weighted by atomic mass is 10.1. The van der Waals surface area contributed by atoms with Crippen LogP contribution in [0.3, 0.4) is 0 Å². The van der Waals surface area contributed by atoms with Gasteiger partial charge in [-0.1, -0.05) is 13.8 Å². The molecule has 3 aromatic rings. The second kappa shape index (κ2) is 12.3. The molecule has 0 aliphatic carbocycles. The largest absolute Gasteiger partial charge is 1.00 e. The van der Waals surface area contributed by atoms with E-state index in [1.165, 1.54) is 44.7 Å². The maximum atomic E-state index is 12.7. The van der Waals surface area contributed by atoms with Crippen LogP contribution in [-0.2, 0) is 17.6 Å². The molecule has 2 fully saturated rings. The van der Waals surface area contributed by atoms with Crippen LogP contribution in [0, 0.1) is 0 Å². The molecular formula is C31H43IN4O2S. The Labute approximate surface area is 254 Å². The highest BCUT2D eigenvalue weighted by Gasteiger charge is 2.27. The molecule has 0 bridgehead atoms. The van der Waals surface area contributed by atoms with Crippen molar-refractivity contribution < 1.29 is 33.5 Å². The van der Waals surface area contributed by atoms with E-state index in [4.69, 9.17) is 9.72 Å². The molecule has 2 aliphatic rings. The fourth-order valence-corrected chi connectivity index (χ4v) is 6.97. The molecule has 5 rings (SSSR count).